The van der Waals surface area contributed by atoms with E-state index >= 15 is 0 Å². The number of aromatic nitrogens is 2. The van der Waals surface area contributed by atoms with Crippen LogP contribution in [0, 0.1) is 0 Å². The molecule has 1 atom stereocenters. The van der Waals surface area contributed by atoms with Crippen molar-refractivity contribution in [1.29, 1.82) is 0 Å². The molecule has 7 nitrogen and oxygen atoms in total. The third-order valence-electron chi connectivity index (χ3n) is 4.92. The van der Waals surface area contributed by atoms with E-state index in [9.17, 15) is 18.0 Å². The Kier molecular flexibility index (Phi) is 6.04. The highest BCUT2D eigenvalue weighted by atomic mass is 19.4. The summed E-state index contributed by atoms with van der Waals surface area (Å²) < 4.78 is 31.7. The molecule has 2 fully saturated rings. The Morgan fingerprint density at radius 2 is 1.92 bits per heavy atom. The second-order valence-corrected chi connectivity index (χ2v) is 6.38. The highest BCUT2D eigenvalue weighted by molar-refractivity contribution is 5.79. The predicted octanol–water partition coefficient (Wildman–Crippen LogP) is 2.09. The van der Waals surface area contributed by atoms with Gasteiger partial charge in [-0.3, -0.25) is 9.78 Å². The summed E-state index contributed by atoms with van der Waals surface area (Å²) in [6, 6.07) is 0. The van der Waals surface area contributed by atoms with E-state index in [-0.39, 0.29) is 5.54 Å². The zero-order chi connectivity index (χ0) is 19.4. The van der Waals surface area contributed by atoms with Crippen LogP contribution in [0.4, 0.5) is 19.0 Å². The van der Waals surface area contributed by atoms with Gasteiger partial charge in [0.05, 0.1) is 6.20 Å². The molecule has 1 aromatic heterocycles. The molecule has 2 aliphatic heterocycles. The molecule has 1 amide bonds. The quantitative estimate of drug-likeness (QED) is 0.810. The molecule has 2 aliphatic rings. The van der Waals surface area contributed by atoms with Crippen molar-refractivity contribution < 1.29 is 27.9 Å². The largest absolute Gasteiger partial charge is 0.490 e. The van der Waals surface area contributed by atoms with Gasteiger partial charge in [-0.05, 0) is 25.7 Å². The van der Waals surface area contributed by atoms with Crippen LogP contribution in [0.2, 0.25) is 0 Å². The van der Waals surface area contributed by atoms with Crippen molar-refractivity contribution in [3.8, 4) is 0 Å². The summed E-state index contributed by atoms with van der Waals surface area (Å²) in [5, 5.41) is 7.12. The molecule has 26 heavy (non-hydrogen) atoms. The number of carboxylic acid groups (broad SMARTS) is 1. The Labute approximate surface area is 148 Å². The Hall–Kier alpha value is -2.39. The Morgan fingerprint density at radius 1 is 1.23 bits per heavy atom. The van der Waals surface area contributed by atoms with Crippen LogP contribution in [0.1, 0.15) is 32.1 Å². The van der Waals surface area contributed by atoms with Gasteiger partial charge in [0.1, 0.15) is 5.82 Å². The molecule has 144 valence electrons. The van der Waals surface area contributed by atoms with Gasteiger partial charge in [-0.25, -0.2) is 9.78 Å². The molecule has 3 rings (SSSR count). The van der Waals surface area contributed by atoms with E-state index in [0.29, 0.717) is 12.3 Å². The van der Waals surface area contributed by atoms with Gasteiger partial charge in [-0.15, -0.1) is 0 Å². The number of alkyl halides is 3. The molecular formula is C16H21F3N4O3. The van der Waals surface area contributed by atoms with Crippen LogP contribution in [0.25, 0.3) is 0 Å². The van der Waals surface area contributed by atoms with Crippen LogP contribution in [-0.2, 0) is 9.59 Å². The van der Waals surface area contributed by atoms with Crippen molar-refractivity contribution in [2.75, 3.05) is 25.0 Å². The summed E-state index contributed by atoms with van der Waals surface area (Å²) in [4.78, 5) is 33.5. The molecule has 2 saturated heterocycles. The van der Waals surface area contributed by atoms with Crippen LogP contribution >= 0.6 is 0 Å². The standard InChI is InChI=1S/C14H20N4O.C2HF3O2/c1-17-13(19)3-5-14(17)4-2-9-18(10-6-14)12-11-15-7-8-16-12;3-2(4,5)1(6)7/h7-8,11H,2-6,9-10H2,1H3;(H,6,7). The van der Waals surface area contributed by atoms with Gasteiger partial charge < -0.3 is 14.9 Å². The molecule has 0 aromatic carbocycles. The fourth-order valence-electron chi connectivity index (χ4n) is 3.39. The van der Waals surface area contributed by atoms with Crippen LogP contribution in [-0.4, -0.2) is 63.7 Å². The molecule has 1 spiro atoms. The number of carboxylic acids is 1. The zero-order valence-electron chi connectivity index (χ0n) is 14.4. The number of rotatable bonds is 1. The molecule has 3 heterocycles. The van der Waals surface area contributed by atoms with Crippen molar-refractivity contribution in [3.05, 3.63) is 18.6 Å². The fraction of sp³-hybridized carbons (Fsp3) is 0.625. The van der Waals surface area contributed by atoms with Gasteiger partial charge in [0, 0.05) is 44.5 Å². The van der Waals surface area contributed by atoms with Gasteiger partial charge >= 0.3 is 12.1 Å². The highest BCUT2D eigenvalue weighted by Gasteiger charge is 2.43. The minimum atomic E-state index is -5.08. The number of anilines is 1. The zero-order valence-corrected chi connectivity index (χ0v) is 14.4. The van der Waals surface area contributed by atoms with E-state index in [0.717, 1.165) is 44.6 Å². The lowest BCUT2D eigenvalue weighted by molar-refractivity contribution is -0.192. The minimum absolute atomic E-state index is 0.0913. The number of hydrogen-bond donors (Lipinski definition) is 1. The van der Waals surface area contributed by atoms with Crippen molar-refractivity contribution in [2.45, 2.75) is 43.8 Å². The summed E-state index contributed by atoms with van der Waals surface area (Å²) in [7, 11) is 1.97. The van der Waals surface area contributed by atoms with Crippen molar-refractivity contribution >= 4 is 17.7 Å². The number of nitrogens with zero attached hydrogens (tertiary/aromatic N) is 4. The Balaban J connectivity index is 0.000000298. The summed E-state index contributed by atoms with van der Waals surface area (Å²) in [6.45, 7) is 1.96. The van der Waals surface area contributed by atoms with Gasteiger partial charge in [0.2, 0.25) is 5.91 Å². The summed E-state index contributed by atoms with van der Waals surface area (Å²) in [6.07, 6.45) is 5.14. The first-order valence-corrected chi connectivity index (χ1v) is 8.23. The van der Waals surface area contributed by atoms with E-state index in [1.165, 1.54) is 0 Å². The summed E-state index contributed by atoms with van der Waals surface area (Å²) in [5.74, 6) is -1.51. The van der Waals surface area contributed by atoms with Gasteiger partial charge in [0.25, 0.3) is 0 Å². The van der Waals surface area contributed by atoms with Crippen molar-refractivity contribution in [2.24, 2.45) is 0 Å². The molecule has 0 radical (unpaired) electrons. The fourth-order valence-corrected chi connectivity index (χ4v) is 3.39. The number of aliphatic carboxylic acids is 1. The molecule has 10 heteroatoms. The number of carbonyl (C=O) groups excluding carboxylic acids is 1. The molecular weight excluding hydrogens is 353 g/mol. The minimum Gasteiger partial charge on any atom is -0.475 e. The van der Waals surface area contributed by atoms with E-state index in [2.05, 4.69) is 14.9 Å². The molecule has 0 saturated carbocycles. The van der Waals surface area contributed by atoms with Crippen LogP contribution < -0.4 is 4.90 Å². The smallest absolute Gasteiger partial charge is 0.475 e. The third-order valence-corrected chi connectivity index (χ3v) is 4.92. The summed E-state index contributed by atoms with van der Waals surface area (Å²) in [5.41, 5.74) is 0.0913. The van der Waals surface area contributed by atoms with Gasteiger partial charge in [-0.1, -0.05) is 0 Å². The topological polar surface area (TPSA) is 86.6 Å². The van der Waals surface area contributed by atoms with Crippen molar-refractivity contribution in [3.63, 3.8) is 0 Å². The monoisotopic (exact) mass is 374 g/mol. The maximum Gasteiger partial charge on any atom is 0.490 e. The average Bonchev–Trinajstić information content (AvgIpc) is 2.78. The third kappa shape index (κ3) is 4.61. The van der Waals surface area contributed by atoms with Crippen LogP contribution in [0.15, 0.2) is 18.6 Å². The first kappa shape index (κ1) is 19.9. The molecule has 0 bridgehead atoms. The highest BCUT2D eigenvalue weighted by Crippen LogP contribution is 2.38. The molecule has 1 N–H and O–H groups in total. The molecule has 0 aliphatic carbocycles. The first-order valence-electron chi connectivity index (χ1n) is 8.23. The molecule has 1 aromatic rings. The number of likely N-dealkylation sites (tertiary alicyclic amines) is 1. The second kappa shape index (κ2) is 7.88. The van der Waals surface area contributed by atoms with Crippen LogP contribution in [0.3, 0.4) is 0 Å². The lowest BCUT2D eigenvalue weighted by Crippen LogP contribution is -2.43. The predicted molar refractivity (Wildman–Crippen MR) is 86.5 cm³/mol. The normalized spacial score (nSPS) is 23.5. The van der Waals surface area contributed by atoms with E-state index in [4.69, 9.17) is 9.90 Å². The van der Waals surface area contributed by atoms with E-state index in [1.807, 2.05) is 18.1 Å². The number of carbonyl (C=O) groups is 2. The van der Waals surface area contributed by atoms with E-state index in [1.54, 1.807) is 12.4 Å². The molecule has 1 unspecified atom stereocenters. The Bertz CT molecular complexity index is 641. The summed E-state index contributed by atoms with van der Waals surface area (Å²) >= 11 is 0. The van der Waals surface area contributed by atoms with Crippen molar-refractivity contribution in [1.82, 2.24) is 14.9 Å². The number of halogens is 3. The second-order valence-electron chi connectivity index (χ2n) is 6.38. The Morgan fingerprint density at radius 3 is 2.42 bits per heavy atom. The number of amides is 1. The average molecular weight is 374 g/mol. The lowest BCUT2D eigenvalue weighted by Gasteiger charge is -2.35. The SMILES string of the molecule is CN1C(=O)CCC12CCCN(c1cnccn1)CC2.O=C(O)C(F)(F)F. The van der Waals surface area contributed by atoms with Crippen LogP contribution in [0.5, 0.6) is 0 Å². The maximum atomic E-state index is 11.8. The number of hydrogen-bond acceptors (Lipinski definition) is 5. The maximum absolute atomic E-state index is 11.8. The van der Waals surface area contributed by atoms with E-state index < -0.39 is 12.1 Å². The van der Waals surface area contributed by atoms with Gasteiger partial charge in [-0.2, -0.15) is 13.2 Å². The van der Waals surface area contributed by atoms with Gasteiger partial charge in [0.15, 0.2) is 0 Å². The first-order chi connectivity index (χ1) is 12.2. The lowest BCUT2D eigenvalue weighted by atomic mass is 9.88.